The molecule has 1 atom stereocenters. The SMILES string of the molecule is Cc1cnc(C(C)(C)CC2CN(Cc3cc(Cl)cnc3C(C)(C)C)CCO2)c(CCN2CCOCC2)c1. The molecule has 7 heteroatoms. The van der Waals surface area contributed by atoms with E-state index in [2.05, 4.69) is 63.5 Å². The third-order valence-corrected chi connectivity index (χ3v) is 7.75. The van der Waals surface area contributed by atoms with Crippen LogP contribution in [0, 0.1) is 6.92 Å². The second-order valence-electron chi connectivity index (χ2n) is 12.5. The molecule has 0 spiro atoms. The molecule has 2 fully saturated rings. The zero-order valence-corrected chi connectivity index (χ0v) is 24.4. The maximum absolute atomic E-state index is 6.35. The van der Waals surface area contributed by atoms with Crippen molar-refractivity contribution < 1.29 is 9.47 Å². The molecule has 2 aliphatic heterocycles. The Balaban J connectivity index is 1.44. The summed E-state index contributed by atoms with van der Waals surface area (Å²) in [6.45, 7) is 21.6. The molecule has 6 nitrogen and oxygen atoms in total. The van der Waals surface area contributed by atoms with Crippen molar-refractivity contribution in [2.75, 3.05) is 52.5 Å². The lowest BCUT2D eigenvalue weighted by Crippen LogP contribution is -2.44. The molecule has 0 aliphatic carbocycles. The number of rotatable bonds is 8. The largest absolute Gasteiger partial charge is 0.379 e. The molecule has 0 aromatic carbocycles. The van der Waals surface area contributed by atoms with Gasteiger partial charge in [-0.3, -0.25) is 19.8 Å². The zero-order valence-electron chi connectivity index (χ0n) is 23.6. The van der Waals surface area contributed by atoms with Crippen molar-refractivity contribution in [1.29, 1.82) is 0 Å². The molecular formula is C30H45ClN4O2. The zero-order chi connectivity index (χ0) is 26.6. The number of aryl methyl sites for hydroxylation is 1. The van der Waals surface area contributed by atoms with Crippen molar-refractivity contribution in [2.24, 2.45) is 0 Å². The highest BCUT2D eigenvalue weighted by Crippen LogP contribution is 2.33. The predicted octanol–water partition coefficient (Wildman–Crippen LogP) is 5.18. The Morgan fingerprint density at radius 2 is 1.62 bits per heavy atom. The molecule has 2 aromatic heterocycles. The number of hydrogen-bond acceptors (Lipinski definition) is 6. The molecule has 1 unspecified atom stereocenters. The van der Waals surface area contributed by atoms with Crippen LogP contribution in [0.2, 0.25) is 5.02 Å². The molecule has 2 saturated heterocycles. The van der Waals surface area contributed by atoms with Gasteiger partial charge in [0.05, 0.1) is 36.6 Å². The van der Waals surface area contributed by atoms with Gasteiger partial charge < -0.3 is 9.47 Å². The van der Waals surface area contributed by atoms with Gasteiger partial charge in [0.15, 0.2) is 0 Å². The number of hydrogen-bond donors (Lipinski definition) is 0. The van der Waals surface area contributed by atoms with Crippen molar-refractivity contribution in [3.8, 4) is 0 Å². The van der Waals surface area contributed by atoms with Gasteiger partial charge in [0.1, 0.15) is 0 Å². The molecule has 0 radical (unpaired) electrons. The van der Waals surface area contributed by atoms with Crippen molar-refractivity contribution in [3.05, 3.63) is 57.6 Å². The van der Waals surface area contributed by atoms with Crippen molar-refractivity contribution in [3.63, 3.8) is 0 Å². The number of pyridine rings is 2. The van der Waals surface area contributed by atoms with E-state index in [9.17, 15) is 0 Å². The second kappa shape index (κ2) is 12.1. The summed E-state index contributed by atoms with van der Waals surface area (Å²) in [6.07, 6.45) is 5.89. The van der Waals surface area contributed by atoms with E-state index in [1.807, 2.05) is 6.20 Å². The molecule has 4 heterocycles. The Morgan fingerprint density at radius 1 is 0.919 bits per heavy atom. The number of halogens is 1. The normalized spacial score (nSPS) is 20.4. The first kappa shape index (κ1) is 28.4. The maximum atomic E-state index is 6.35. The van der Waals surface area contributed by atoms with Crippen LogP contribution in [0.5, 0.6) is 0 Å². The van der Waals surface area contributed by atoms with Crippen molar-refractivity contribution >= 4 is 11.6 Å². The van der Waals surface area contributed by atoms with Gasteiger partial charge >= 0.3 is 0 Å². The summed E-state index contributed by atoms with van der Waals surface area (Å²) >= 11 is 6.35. The lowest BCUT2D eigenvalue weighted by atomic mass is 9.79. The quantitative estimate of drug-likeness (QED) is 0.470. The summed E-state index contributed by atoms with van der Waals surface area (Å²) in [5.41, 5.74) is 6.02. The van der Waals surface area contributed by atoms with Crippen LogP contribution < -0.4 is 0 Å². The van der Waals surface area contributed by atoms with Gasteiger partial charge in [-0.25, -0.2) is 0 Å². The van der Waals surface area contributed by atoms with E-state index in [4.69, 9.17) is 31.0 Å². The Kier molecular flexibility index (Phi) is 9.29. The molecule has 204 valence electrons. The van der Waals surface area contributed by atoms with Crippen LogP contribution in [-0.4, -0.2) is 78.4 Å². The second-order valence-corrected chi connectivity index (χ2v) is 12.9. The molecular weight excluding hydrogens is 484 g/mol. The molecule has 4 rings (SSSR count). The van der Waals surface area contributed by atoms with Crippen LogP contribution in [0.15, 0.2) is 24.5 Å². The summed E-state index contributed by atoms with van der Waals surface area (Å²) in [5.74, 6) is 0. The van der Waals surface area contributed by atoms with E-state index in [0.717, 1.165) is 77.6 Å². The molecule has 0 amide bonds. The smallest absolute Gasteiger partial charge is 0.0711 e. The van der Waals surface area contributed by atoms with Crippen molar-refractivity contribution in [1.82, 2.24) is 19.8 Å². The molecule has 2 aromatic rings. The van der Waals surface area contributed by atoms with E-state index in [0.29, 0.717) is 5.02 Å². The minimum Gasteiger partial charge on any atom is -0.379 e. The highest BCUT2D eigenvalue weighted by atomic mass is 35.5. The van der Waals surface area contributed by atoms with Crippen LogP contribution in [-0.2, 0) is 33.3 Å². The monoisotopic (exact) mass is 528 g/mol. The van der Waals surface area contributed by atoms with Gasteiger partial charge in [-0.1, -0.05) is 52.3 Å². The predicted molar refractivity (Wildman–Crippen MR) is 151 cm³/mol. The van der Waals surface area contributed by atoms with Gasteiger partial charge in [0.2, 0.25) is 0 Å². The Hall–Kier alpha value is -1.57. The van der Waals surface area contributed by atoms with Crippen LogP contribution >= 0.6 is 11.6 Å². The third kappa shape index (κ3) is 7.73. The fraction of sp³-hybridized carbons (Fsp3) is 0.667. The first-order valence-electron chi connectivity index (χ1n) is 13.8. The Morgan fingerprint density at radius 3 is 2.35 bits per heavy atom. The summed E-state index contributed by atoms with van der Waals surface area (Å²) in [7, 11) is 0. The minimum absolute atomic E-state index is 0.0255. The van der Waals surface area contributed by atoms with Gasteiger partial charge in [-0.05, 0) is 42.5 Å². The number of aromatic nitrogens is 2. The van der Waals surface area contributed by atoms with Crippen LogP contribution in [0.4, 0.5) is 0 Å². The number of nitrogens with zero attached hydrogens (tertiary/aromatic N) is 4. The van der Waals surface area contributed by atoms with Crippen LogP contribution in [0.3, 0.4) is 0 Å². The lowest BCUT2D eigenvalue weighted by Gasteiger charge is -2.38. The maximum Gasteiger partial charge on any atom is 0.0711 e. The van der Waals surface area contributed by atoms with Crippen molar-refractivity contribution in [2.45, 2.75) is 77.9 Å². The summed E-state index contributed by atoms with van der Waals surface area (Å²) in [6, 6.07) is 4.42. The van der Waals surface area contributed by atoms with Gasteiger partial charge in [0.25, 0.3) is 0 Å². The summed E-state index contributed by atoms with van der Waals surface area (Å²) in [4.78, 5) is 14.7. The molecule has 0 bridgehead atoms. The standard InChI is InChI=1S/C30H45ClN4O2/c1-22-15-23(7-8-34-9-12-36-13-10-34)28(32-18-22)30(5,6)17-26-21-35(11-14-37-26)20-24-16-25(31)19-33-27(24)29(2,3)4/h15-16,18-19,26H,7-14,17,20-21H2,1-6H3. The van der Waals surface area contributed by atoms with Gasteiger partial charge in [0, 0.05) is 68.2 Å². The minimum atomic E-state index is -0.0874. The number of ether oxygens (including phenoxy) is 2. The van der Waals surface area contributed by atoms with E-state index in [-0.39, 0.29) is 16.9 Å². The molecule has 0 saturated carbocycles. The van der Waals surface area contributed by atoms with E-state index in [1.54, 1.807) is 6.20 Å². The first-order valence-corrected chi connectivity index (χ1v) is 14.1. The molecule has 2 aliphatic rings. The first-order chi connectivity index (χ1) is 17.5. The fourth-order valence-corrected chi connectivity index (χ4v) is 5.94. The highest BCUT2D eigenvalue weighted by Gasteiger charge is 2.33. The molecule has 37 heavy (non-hydrogen) atoms. The summed E-state index contributed by atoms with van der Waals surface area (Å²) < 4.78 is 11.8. The number of morpholine rings is 2. The topological polar surface area (TPSA) is 50.7 Å². The van der Waals surface area contributed by atoms with Gasteiger partial charge in [-0.2, -0.15) is 0 Å². The van der Waals surface area contributed by atoms with E-state index >= 15 is 0 Å². The third-order valence-electron chi connectivity index (χ3n) is 7.54. The van der Waals surface area contributed by atoms with E-state index < -0.39 is 0 Å². The van der Waals surface area contributed by atoms with Gasteiger partial charge in [-0.15, -0.1) is 0 Å². The van der Waals surface area contributed by atoms with Crippen LogP contribution in [0.25, 0.3) is 0 Å². The average Bonchev–Trinajstić information content (AvgIpc) is 2.82. The Labute approximate surface area is 228 Å². The van der Waals surface area contributed by atoms with E-state index in [1.165, 1.54) is 22.4 Å². The molecule has 0 N–H and O–H groups in total. The van der Waals surface area contributed by atoms with Crippen LogP contribution in [0.1, 0.15) is 69.1 Å². The summed E-state index contributed by atoms with van der Waals surface area (Å²) in [5, 5.41) is 0.698. The fourth-order valence-electron chi connectivity index (χ4n) is 5.76. The average molecular weight is 529 g/mol. The highest BCUT2D eigenvalue weighted by molar-refractivity contribution is 6.30. The lowest BCUT2D eigenvalue weighted by molar-refractivity contribution is -0.0433. The Bertz CT molecular complexity index is 1050.